The van der Waals surface area contributed by atoms with Crippen molar-refractivity contribution in [3.05, 3.63) is 35.4 Å². The lowest BCUT2D eigenvalue weighted by molar-refractivity contribution is 0.0857. The number of halogens is 1. The first-order valence-electron chi connectivity index (χ1n) is 8.40. The zero-order chi connectivity index (χ0) is 17.6. The molecule has 1 aromatic carbocycles. The standard InChI is InChI=1S/C18H28N4O2.HI/c1-18(2,3)22-17(19)21-11-13-6-4-7-14(10-13)16(23)20-12-15-8-5-9-24-15;/h4,6-7,10,15H,5,8-9,11-12H2,1-3H3,(H,20,23)(H3,19,21,22);1H. The average Bonchev–Trinajstić information content (AvgIpc) is 3.02. The van der Waals surface area contributed by atoms with Crippen molar-refractivity contribution in [3.63, 3.8) is 0 Å². The topological polar surface area (TPSA) is 88.7 Å². The van der Waals surface area contributed by atoms with Crippen LogP contribution in [-0.2, 0) is 11.3 Å². The highest BCUT2D eigenvalue weighted by atomic mass is 127. The SMILES string of the molecule is CC(C)(C)NC(N)=NCc1cccc(C(=O)NCC2CCCO2)c1.I. The third-order valence-corrected chi connectivity index (χ3v) is 3.64. The number of rotatable bonds is 5. The van der Waals surface area contributed by atoms with E-state index in [4.69, 9.17) is 10.5 Å². The van der Waals surface area contributed by atoms with E-state index in [0.29, 0.717) is 24.6 Å². The van der Waals surface area contributed by atoms with Crippen LogP contribution in [0.3, 0.4) is 0 Å². The van der Waals surface area contributed by atoms with Gasteiger partial charge in [-0.15, -0.1) is 24.0 Å². The summed E-state index contributed by atoms with van der Waals surface area (Å²) in [5.41, 5.74) is 7.31. The van der Waals surface area contributed by atoms with E-state index < -0.39 is 0 Å². The van der Waals surface area contributed by atoms with Gasteiger partial charge < -0.3 is 21.1 Å². The van der Waals surface area contributed by atoms with Gasteiger partial charge in [0.2, 0.25) is 0 Å². The molecule has 1 atom stereocenters. The van der Waals surface area contributed by atoms with Gasteiger partial charge in [0.15, 0.2) is 5.96 Å². The second-order valence-electron chi connectivity index (χ2n) is 7.12. The van der Waals surface area contributed by atoms with Gasteiger partial charge in [-0.3, -0.25) is 4.79 Å². The van der Waals surface area contributed by atoms with Crippen molar-refractivity contribution in [2.24, 2.45) is 10.7 Å². The predicted molar refractivity (Wildman–Crippen MR) is 111 cm³/mol. The average molecular weight is 460 g/mol. The zero-order valence-electron chi connectivity index (χ0n) is 15.2. The van der Waals surface area contributed by atoms with Crippen molar-refractivity contribution >= 4 is 35.8 Å². The molecule has 1 aliphatic rings. The summed E-state index contributed by atoms with van der Waals surface area (Å²) in [6, 6.07) is 7.44. The van der Waals surface area contributed by atoms with E-state index in [2.05, 4.69) is 15.6 Å². The highest BCUT2D eigenvalue weighted by Crippen LogP contribution is 2.11. The van der Waals surface area contributed by atoms with Gasteiger partial charge in [-0.2, -0.15) is 0 Å². The highest BCUT2D eigenvalue weighted by molar-refractivity contribution is 14.0. The van der Waals surface area contributed by atoms with Crippen LogP contribution in [-0.4, -0.2) is 36.7 Å². The normalized spacial score (nSPS) is 17.7. The number of hydrogen-bond acceptors (Lipinski definition) is 3. The molecule has 7 heteroatoms. The van der Waals surface area contributed by atoms with Gasteiger partial charge in [0, 0.05) is 24.3 Å². The number of nitrogens with one attached hydrogen (secondary N) is 2. The molecule has 140 valence electrons. The second-order valence-corrected chi connectivity index (χ2v) is 7.12. The van der Waals surface area contributed by atoms with Crippen molar-refractivity contribution in [2.45, 2.75) is 51.8 Å². The van der Waals surface area contributed by atoms with Crippen LogP contribution in [0, 0.1) is 0 Å². The molecule has 1 saturated heterocycles. The fourth-order valence-corrected chi connectivity index (χ4v) is 2.53. The maximum absolute atomic E-state index is 12.2. The fraction of sp³-hybridized carbons (Fsp3) is 0.556. The van der Waals surface area contributed by atoms with Gasteiger partial charge >= 0.3 is 0 Å². The van der Waals surface area contributed by atoms with E-state index in [9.17, 15) is 4.79 Å². The lowest BCUT2D eigenvalue weighted by Crippen LogP contribution is -2.44. The van der Waals surface area contributed by atoms with Gasteiger partial charge in [-0.25, -0.2) is 4.99 Å². The Morgan fingerprint density at radius 2 is 2.16 bits per heavy atom. The number of nitrogens with zero attached hydrogens (tertiary/aromatic N) is 1. The number of ether oxygens (including phenoxy) is 1. The molecule has 25 heavy (non-hydrogen) atoms. The number of benzene rings is 1. The van der Waals surface area contributed by atoms with Gasteiger partial charge in [0.1, 0.15) is 0 Å². The zero-order valence-corrected chi connectivity index (χ0v) is 17.5. The van der Waals surface area contributed by atoms with Gasteiger partial charge in [-0.1, -0.05) is 12.1 Å². The summed E-state index contributed by atoms with van der Waals surface area (Å²) in [6.45, 7) is 7.85. The number of amides is 1. The van der Waals surface area contributed by atoms with Crippen molar-refractivity contribution < 1.29 is 9.53 Å². The van der Waals surface area contributed by atoms with Crippen molar-refractivity contribution in [3.8, 4) is 0 Å². The minimum atomic E-state index is -0.127. The largest absolute Gasteiger partial charge is 0.376 e. The Bertz CT molecular complexity index is 593. The number of carbonyl (C=O) groups excluding carboxylic acids is 1. The molecule has 1 heterocycles. The number of hydrogen-bond donors (Lipinski definition) is 3. The maximum atomic E-state index is 12.2. The first kappa shape index (κ1) is 21.7. The van der Waals surface area contributed by atoms with Crippen LogP contribution in [0.25, 0.3) is 0 Å². The van der Waals surface area contributed by atoms with E-state index >= 15 is 0 Å². The third kappa shape index (κ3) is 8.04. The number of carbonyl (C=O) groups is 1. The minimum Gasteiger partial charge on any atom is -0.376 e. The Balaban J connectivity index is 0.00000312. The van der Waals surface area contributed by atoms with Crippen LogP contribution in [0.2, 0.25) is 0 Å². The Morgan fingerprint density at radius 3 is 2.80 bits per heavy atom. The Morgan fingerprint density at radius 1 is 1.40 bits per heavy atom. The summed E-state index contributed by atoms with van der Waals surface area (Å²) in [6.07, 6.45) is 2.22. The molecule has 0 spiro atoms. The molecule has 2 rings (SSSR count). The molecule has 0 radical (unpaired) electrons. The van der Waals surface area contributed by atoms with Crippen molar-refractivity contribution in [2.75, 3.05) is 13.2 Å². The summed E-state index contributed by atoms with van der Waals surface area (Å²) >= 11 is 0. The minimum absolute atomic E-state index is 0. The smallest absolute Gasteiger partial charge is 0.251 e. The number of nitrogens with two attached hydrogens (primary N) is 1. The van der Waals surface area contributed by atoms with Gasteiger partial charge in [0.25, 0.3) is 5.91 Å². The van der Waals surface area contributed by atoms with E-state index in [1.54, 1.807) is 6.07 Å². The summed E-state index contributed by atoms with van der Waals surface area (Å²) in [4.78, 5) is 16.6. The highest BCUT2D eigenvalue weighted by Gasteiger charge is 2.16. The molecule has 1 unspecified atom stereocenters. The molecular formula is C18H29IN4O2. The molecule has 1 amide bonds. The first-order valence-corrected chi connectivity index (χ1v) is 8.40. The molecule has 0 saturated carbocycles. The number of guanidine groups is 1. The van der Waals surface area contributed by atoms with Crippen LogP contribution in [0.15, 0.2) is 29.3 Å². The van der Waals surface area contributed by atoms with Crippen molar-refractivity contribution in [1.29, 1.82) is 0 Å². The molecule has 0 bridgehead atoms. The summed E-state index contributed by atoms with van der Waals surface area (Å²) in [5, 5.41) is 6.04. The van der Waals surface area contributed by atoms with Crippen LogP contribution in [0.1, 0.15) is 49.5 Å². The van der Waals surface area contributed by atoms with Crippen molar-refractivity contribution in [1.82, 2.24) is 10.6 Å². The Kier molecular flexibility index (Phi) is 8.64. The monoisotopic (exact) mass is 460 g/mol. The van der Waals surface area contributed by atoms with Gasteiger partial charge in [-0.05, 0) is 51.3 Å². The molecule has 1 aliphatic heterocycles. The Labute approximate surface area is 167 Å². The molecular weight excluding hydrogens is 431 g/mol. The van der Waals surface area contributed by atoms with E-state index in [0.717, 1.165) is 25.0 Å². The van der Waals surface area contributed by atoms with Gasteiger partial charge in [0.05, 0.1) is 12.6 Å². The third-order valence-electron chi connectivity index (χ3n) is 3.64. The Hall–Kier alpha value is -1.35. The first-order chi connectivity index (χ1) is 11.3. The predicted octanol–water partition coefficient (Wildman–Crippen LogP) is 2.42. The molecule has 1 aromatic rings. The summed E-state index contributed by atoms with van der Waals surface area (Å²) in [5.74, 6) is 0.313. The fourth-order valence-electron chi connectivity index (χ4n) is 2.53. The van der Waals surface area contributed by atoms with Crippen LogP contribution in [0.4, 0.5) is 0 Å². The lowest BCUT2D eigenvalue weighted by Gasteiger charge is -2.21. The van der Waals surface area contributed by atoms with E-state index in [-0.39, 0.29) is 41.5 Å². The van der Waals surface area contributed by atoms with Crippen LogP contribution in [0.5, 0.6) is 0 Å². The second kappa shape index (κ2) is 9.96. The molecule has 1 fully saturated rings. The van der Waals surface area contributed by atoms with E-state index in [1.165, 1.54) is 0 Å². The molecule has 0 aromatic heterocycles. The van der Waals surface area contributed by atoms with E-state index in [1.807, 2.05) is 39.0 Å². The number of aliphatic imine (C=N–C) groups is 1. The quantitative estimate of drug-likeness (QED) is 0.358. The van der Waals surface area contributed by atoms with Crippen LogP contribution < -0.4 is 16.4 Å². The van der Waals surface area contributed by atoms with Crippen LogP contribution >= 0.6 is 24.0 Å². The molecule has 0 aliphatic carbocycles. The molecule has 4 N–H and O–H groups in total. The maximum Gasteiger partial charge on any atom is 0.251 e. The summed E-state index contributed by atoms with van der Waals surface area (Å²) in [7, 11) is 0. The lowest BCUT2D eigenvalue weighted by atomic mass is 10.1. The molecule has 6 nitrogen and oxygen atoms in total. The summed E-state index contributed by atoms with van der Waals surface area (Å²) < 4.78 is 5.51.